The zero-order chi connectivity index (χ0) is 21.5. The monoisotopic (exact) mass is 419 g/mol. The molecule has 1 atom stereocenters. The second-order valence-corrected chi connectivity index (χ2v) is 8.46. The molecular weight excluding hydrogens is 389 g/mol. The maximum atomic E-state index is 13.3. The first-order chi connectivity index (χ1) is 15.2. The molecule has 1 aliphatic rings. The number of hydrogen-bond acceptors (Lipinski definition) is 4. The van der Waals surface area contributed by atoms with Crippen LogP contribution in [-0.2, 0) is 11.2 Å². The number of halogens is 1. The van der Waals surface area contributed by atoms with E-state index in [1.807, 2.05) is 49.1 Å². The third-order valence-corrected chi connectivity index (χ3v) is 6.30. The van der Waals surface area contributed by atoms with Crippen molar-refractivity contribution in [2.75, 3.05) is 26.3 Å². The van der Waals surface area contributed by atoms with Gasteiger partial charge >= 0.3 is 0 Å². The topological polar surface area (TPSA) is 38.2 Å². The molecule has 1 aliphatic heterocycles. The molecule has 0 radical (unpaired) electrons. The maximum Gasteiger partial charge on any atom is 0.123 e. The van der Waals surface area contributed by atoms with Gasteiger partial charge in [-0.05, 0) is 73.7 Å². The Balaban J connectivity index is 1.56. The second kappa shape index (κ2) is 10.1. The van der Waals surface area contributed by atoms with Gasteiger partial charge in [-0.3, -0.25) is 14.9 Å². The van der Waals surface area contributed by atoms with Crippen molar-refractivity contribution in [1.82, 2.24) is 14.9 Å². The Kier molecular flexibility index (Phi) is 7.05. The normalized spacial score (nSPS) is 19.2. The minimum absolute atomic E-state index is 0.0765. The fourth-order valence-corrected chi connectivity index (χ4v) is 4.65. The molecule has 1 fully saturated rings. The number of rotatable bonds is 9. The molecule has 1 saturated heterocycles. The van der Waals surface area contributed by atoms with Crippen LogP contribution in [0.25, 0.3) is 0 Å². The second-order valence-electron chi connectivity index (χ2n) is 8.46. The van der Waals surface area contributed by atoms with Gasteiger partial charge in [0.15, 0.2) is 0 Å². The lowest BCUT2D eigenvalue weighted by Gasteiger charge is -2.33. The van der Waals surface area contributed by atoms with Crippen molar-refractivity contribution in [2.45, 2.75) is 32.2 Å². The molecule has 162 valence electrons. The molecule has 1 aromatic carbocycles. The number of ether oxygens (including phenoxy) is 1. The summed E-state index contributed by atoms with van der Waals surface area (Å²) in [5.41, 5.74) is 3.61. The lowest BCUT2D eigenvalue weighted by atomic mass is 9.82. The molecule has 0 bridgehead atoms. The molecule has 5 heteroatoms. The van der Waals surface area contributed by atoms with Crippen LogP contribution in [-0.4, -0.2) is 41.2 Å². The zero-order valence-electron chi connectivity index (χ0n) is 18.1. The van der Waals surface area contributed by atoms with E-state index >= 15 is 0 Å². The predicted molar refractivity (Wildman–Crippen MR) is 120 cm³/mol. The number of aryl methyl sites for hydroxylation is 1. The van der Waals surface area contributed by atoms with E-state index in [9.17, 15) is 4.39 Å². The summed E-state index contributed by atoms with van der Waals surface area (Å²) in [6.07, 6.45) is 10.6. The number of likely N-dealkylation sites (tertiary alicyclic amines) is 1. The third kappa shape index (κ3) is 5.35. The SMILES string of the molecule is CCOCC1(CCc2ccc(F)cc2)CCN(C(c2cccnc2)c2cccnc2)C1. The van der Waals surface area contributed by atoms with Crippen molar-refractivity contribution in [3.63, 3.8) is 0 Å². The van der Waals surface area contributed by atoms with Gasteiger partial charge in [0.05, 0.1) is 12.6 Å². The van der Waals surface area contributed by atoms with Crippen LogP contribution in [0.3, 0.4) is 0 Å². The van der Waals surface area contributed by atoms with Crippen molar-refractivity contribution in [2.24, 2.45) is 5.41 Å². The van der Waals surface area contributed by atoms with Crippen LogP contribution >= 0.6 is 0 Å². The van der Waals surface area contributed by atoms with Crippen LogP contribution in [0.15, 0.2) is 73.3 Å². The quantitative estimate of drug-likeness (QED) is 0.486. The Morgan fingerprint density at radius 1 is 1.03 bits per heavy atom. The van der Waals surface area contributed by atoms with Crippen molar-refractivity contribution >= 4 is 0 Å². The number of nitrogens with zero attached hydrogens (tertiary/aromatic N) is 3. The highest BCUT2D eigenvalue weighted by molar-refractivity contribution is 5.29. The Labute approximate surface area is 184 Å². The molecule has 31 heavy (non-hydrogen) atoms. The van der Waals surface area contributed by atoms with Gasteiger partial charge in [-0.1, -0.05) is 24.3 Å². The summed E-state index contributed by atoms with van der Waals surface area (Å²) in [7, 11) is 0. The van der Waals surface area contributed by atoms with Gasteiger partial charge in [0, 0.05) is 43.4 Å². The number of pyridine rings is 2. The molecule has 0 amide bonds. The van der Waals surface area contributed by atoms with E-state index in [0.717, 1.165) is 39.0 Å². The average molecular weight is 420 g/mol. The fourth-order valence-electron chi connectivity index (χ4n) is 4.65. The Morgan fingerprint density at radius 3 is 2.29 bits per heavy atom. The molecule has 4 rings (SSSR count). The molecular formula is C26H30FN3O. The van der Waals surface area contributed by atoms with Crippen LogP contribution in [0, 0.1) is 11.2 Å². The first kappa shape index (κ1) is 21.6. The van der Waals surface area contributed by atoms with Crippen LogP contribution < -0.4 is 0 Å². The molecule has 0 saturated carbocycles. The van der Waals surface area contributed by atoms with Crippen molar-refractivity contribution in [3.05, 3.63) is 95.8 Å². The highest BCUT2D eigenvalue weighted by atomic mass is 19.1. The van der Waals surface area contributed by atoms with Gasteiger partial charge in [0.25, 0.3) is 0 Å². The van der Waals surface area contributed by atoms with Gasteiger partial charge < -0.3 is 4.74 Å². The molecule has 1 unspecified atom stereocenters. The van der Waals surface area contributed by atoms with E-state index in [2.05, 4.69) is 33.9 Å². The molecule has 2 aromatic heterocycles. The van der Waals surface area contributed by atoms with Crippen molar-refractivity contribution < 1.29 is 9.13 Å². The Hall–Kier alpha value is -2.63. The Morgan fingerprint density at radius 2 is 1.71 bits per heavy atom. The van der Waals surface area contributed by atoms with Gasteiger partial charge in [-0.2, -0.15) is 0 Å². The molecule has 0 aliphatic carbocycles. The van der Waals surface area contributed by atoms with E-state index in [4.69, 9.17) is 4.74 Å². The number of aromatic nitrogens is 2. The van der Waals surface area contributed by atoms with Gasteiger partial charge in [0.1, 0.15) is 5.82 Å². The van der Waals surface area contributed by atoms with E-state index in [0.29, 0.717) is 6.61 Å². The zero-order valence-corrected chi connectivity index (χ0v) is 18.1. The van der Waals surface area contributed by atoms with Crippen LogP contribution in [0.4, 0.5) is 4.39 Å². The average Bonchev–Trinajstić information content (AvgIpc) is 3.23. The van der Waals surface area contributed by atoms with Gasteiger partial charge in [-0.15, -0.1) is 0 Å². The van der Waals surface area contributed by atoms with E-state index in [-0.39, 0.29) is 17.3 Å². The summed E-state index contributed by atoms with van der Waals surface area (Å²) in [4.78, 5) is 11.3. The van der Waals surface area contributed by atoms with Crippen LogP contribution in [0.1, 0.15) is 42.5 Å². The summed E-state index contributed by atoms with van der Waals surface area (Å²) >= 11 is 0. The standard InChI is InChI=1S/C26H30FN3O/c1-2-31-20-26(12-11-21-7-9-24(27)10-8-21)13-16-30(19-26)25(22-5-3-14-28-17-22)23-6-4-15-29-18-23/h3-10,14-15,17-18,25H,2,11-13,16,19-20H2,1H3. The third-order valence-electron chi connectivity index (χ3n) is 6.30. The maximum absolute atomic E-state index is 13.3. The first-order valence-electron chi connectivity index (χ1n) is 11.1. The molecule has 0 spiro atoms. The van der Waals surface area contributed by atoms with Crippen LogP contribution in [0.5, 0.6) is 0 Å². The summed E-state index contributed by atoms with van der Waals surface area (Å²) in [5.74, 6) is -0.185. The van der Waals surface area contributed by atoms with Crippen molar-refractivity contribution in [1.29, 1.82) is 0 Å². The number of hydrogen-bond donors (Lipinski definition) is 0. The van der Waals surface area contributed by atoms with Crippen LogP contribution in [0.2, 0.25) is 0 Å². The van der Waals surface area contributed by atoms with Gasteiger partial charge in [0.2, 0.25) is 0 Å². The lowest BCUT2D eigenvalue weighted by Crippen LogP contribution is -2.34. The predicted octanol–water partition coefficient (Wildman–Crippen LogP) is 5.07. The summed E-state index contributed by atoms with van der Waals surface area (Å²) in [5, 5.41) is 0. The van der Waals surface area contributed by atoms with E-state index < -0.39 is 0 Å². The molecule has 4 nitrogen and oxygen atoms in total. The summed E-state index contributed by atoms with van der Waals surface area (Å²) in [6.45, 7) is 5.45. The van der Waals surface area contributed by atoms with E-state index in [1.165, 1.54) is 16.7 Å². The molecule has 3 aromatic rings. The fraction of sp³-hybridized carbons (Fsp3) is 0.385. The van der Waals surface area contributed by atoms with Crippen molar-refractivity contribution in [3.8, 4) is 0 Å². The lowest BCUT2D eigenvalue weighted by molar-refractivity contribution is 0.0473. The summed E-state index contributed by atoms with van der Waals surface area (Å²) in [6, 6.07) is 15.3. The highest BCUT2D eigenvalue weighted by Crippen LogP contribution is 2.41. The Bertz CT molecular complexity index is 896. The van der Waals surface area contributed by atoms with Gasteiger partial charge in [-0.25, -0.2) is 4.39 Å². The first-order valence-corrected chi connectivity index (χ1v) is 11.1. The minimum Gasteiger partial charge on any atom is -0.381 e. The number of benzene rings is 1. The molecule has 3 heterocycles. The molecule has 0 N–H and O–H groups in total. The smallest absolute Gasteiger partial charge is 0.123 e. The highest BCUT2D eigenvalue weighted by Gasteiger charge is 2.41. The van der Waals surface area contributed by atoms with E-state index in [1.54, 1.807) is 12.1 Å². The largest absolute Gasteiger partial charge is 0.381 e. The minimum atomic E-state index is -0.185. The summed E-state index contributed by atoms with van der Waals surface area (Å²) < 4.78 is 19.3.